The van der Waals surface area contributed by atoms with Crippen molar-refractivity contribution in [3.63, 3.8) is 0 Å². The van der Waals surface area contributed by atoms with Gasteiger partial charge in [0.2, 0.25) is 5.91 Å². The average Bonchev–Trinajstić information content (AvgIpc) is 2.72. The number of methoxy groups -OCH3 is 1. The number of hydrogen-bond acceptors (Lipinski definition) is 3. The van der Waals surface area contributed by atoms with Crippen LogP contribution in [-0.2, 0) is 24.2 Å². The highest BCUT2D eigenvalue weighted by Crippen LogP contribution is 2.25. The summed E-state index contributed by atoms with van der Waals surface area (Å²) in [5, 5.41) is 3.15. The number of carbonyl (C=O) groups is 1. The molecular formula is C24H32N2O2. The van der Waals surface area contributed by atoms with Crippen molar-refractivity contribution in [2.75, 3.05) is 20.2 Å². The third kappa shape index (κ3) is 5.35. The van der Waals surface area contributed by atoms with Crippen molar-refractivity contribution >= 4 is 5.91 Å². The normalized spacial score (nSPS) is 14.4. The molecule has 1 N–H and O–H groups in total. The molecular weight excluding hydrogens is 348 g/mol. The Morgan fingerprint density at radius 1 is 1.11 bits per heavy atom. The van der Waals surface area contributed by atoms with E-state index in [1.807, 2.05) is 12.1 Å². The lowest BCUT2D eigenvalue weighted by Gasteiger charge is -2.41. The van der Waals surface area contributed by atoms with E-state index in [-0.39, 0.29) is 11.4 Å². The molecule has 0 aliphatic carbocycles. The zero-order chi connectivity index (χ0) is 20.0. The maximum absolute atomic E-state index is 12.3. The van der Waals surface area contributed by atoms with Crippen molar-refractivity contribution in [1.29, 1.82) is 0 Å². The smallest absolute Gasteiger partial charge is 0.220 e. The molecule has 4 nitrogen and oxygen atoms in total. The number of rotatable bonds is 8. The van der Waals surface area contributed by atoms with Gasteiger partial charge < -0.3 is 10.1 Å². The molecule has 2 aromatic rings. The SMILES string of the molecule is COc1ccc(CCCC(=O)NCC(C)(C)N2CCc3ccccc3C2)cc1. The van der Waals surface area contributed by atoms with Gasteiger partial charge in [-0.15, -0.1) is 0 Å². The van der Waals surface area contributed by atoms with Crippen LogP contribution >= 0.6 is 0 Å². The van der Waals surface area contributed by atoms with Crippen LogP contribution in [0.3, 0.4) is 0 Å². The van der Waals surface area contributed by atoms with E-state index in [0.717, 1.165) is 38.1 Å². The summed E-state index contributed by atoms with van der Waals surface area (Å²) >= 11 is 0. The Labute approximate surface area is 168 Å². The molecule has 0 saturated heterocycles. The molecule has 0 spiro atoms. The lowest BCUT2D eigenvalue weighted by Crippen LogP contribution is -2.53. The molecule has 0 fully saturated rings. The van der Waals surface area contributed by atoms with Crippen LogP contribution in [0.2, 0.25) is 0 Å². The van der Waals surface area contributed by atoms with Crippen molar-refractivity contribution in [2.45, 2.75) is 51.6 Å². The van der Waals surface area contributed by atoms with Crippen molar-refractivity contribution in [3.05, 3.63) is 65.2 Å². The second kappa shape index (κ2) is 9.24. The van der Waals surface area contributed by atoms with Crippen LogP contribution in [0.5, 0.6) is 5.75 Å². The molecule has 1 heterocycles. The Hall–Kier alpha value is -2.33. The number of nitrogens with one attached hydrogen (secondary N) is 1. The predicted octanol–water partition coefficient (Wildman–Crippen LogP) is 3.97. The van der Waals surface area contributed by atoms with E-state index in [1.165, 1.54) is 16.7 Å². The van der Waals surface area contributed by atoms with E-state index in [4.69, 9.17) is 4.74 Å². The first-order valence-electron chi connectivity index (χ1n) is 10.2. The maximum Gasteiger partial charge on any atom is 0.220 e. The van der Waals surface area contributed by atoms with Gasteiger partial charge in [-0.2, -0.15) is 0 Å². The summed E-state index contributed by atoms with van der Waals surface area (Å²) in [6, 6.07) is 16.7. The number of ether oxygens (including phenoxy) is 1. The monoisotopic (exact) mass is 380 g/mol. The van der Waals surface area contributed by atoms with Crippen LogP contribution in [0.25, 0.3) is 0 Å². The van der Waals surface area contributed by atoms with Crippen molar-refractivity contribution in [3.8, 4) is 5.75 Å². The fourth-order valence-electron chi connectivity index (χ4n) is 3.77. The zero-order valence-electron chi connectivity index (χ0n) is 17.3. The van der Waals surface area contributed by atoms with Gasteiger partial charge in [-0.25, -0.2) is 0 Å². The molecule has 1 aliphatic rings. The molecule has 2 aromatic carbocycles. The summed E-state index contributed by atoms with van der Waals surface area (Å²) in [5.74, 6) is 1.00. The number of fused-ring (bicyclic) bond motifs is 1. The minimum atomic E-state index is -0.0564. The molecule has 0 aromatic heterocycles. The number of carbonyl (C=O) groups excluding carboxylic acids is 1. The van der Waals surface area contributed by atoms with Crippen molar-refractivity contribution in [2.24, 2.45) is 0 Å². The van der Waals surface area contributed by atoms with E-state index >= 15 is 0 Å². The molecule has 28 heavy (non-hydrogen) atoms. The Balaban J connectivity index is 1.42. The minimum Gasteiger partial charge on any atom is -0.497 e. The zero-order valence-corrected chi connectivity index (χ0v) is 17.3. The standard InChI is InChI=1S/C24H32N2O2/c1-24(2,26-16-15-20-8-4-5-9-21(20)17-26)18-25-23(27)10-6-7-19-11-13-22(28-3)14-12-19/h4-5,8-9,11-14H,6-7,10,15-18H2,1-3H3,(H,25,27). The highest BCUT2D eigenvalue weighted by Gasteiger charge is 2.29. The van der Waals surface area contributed by atoms with E-state index in [0.29, 0.717) is 13.0 Å². The fraction of sp³-hybridized carbons (Fsp3) is 0.458. The van der Waals surface area contributed by atoms with E-state index in [9.17, 15) is 4.79 Å². The van der Waals surface area contributed by atoms with E-state index in [1.54, 1.807) is 7.11 Å². The summed E-state index contributed by atoms with van der Waals surface area (Å²) in [6.07, 6.45) is 3.40. The van der Waals surface area contributed by atoms with Crippen LogP contribution in [0.1, 0.15) is 43.4 Å². The average molecular weight is 381 g/mol. The predicted molar refractivity (Wildman–Crippen MR) is 114 cm³/mol. The molecule has 1 aliphatic heterocycles. The summed E-state index contributed by atoms with van der Waals surface area (Å²) in [6.45, 7) is 7.11. The second-order valence-corrected chi connectivity index (χ2v) is 8.23. The van der Waals surface area contributed by atoms with Crippen molar-refractivity contribution < 1.29 is 9.53 Å². The minimum absolute atomic E-state index is 0.0564. The number of nitrogens with zero attached hydrogens (tertiary/aromatic N) is 1. The van der Waals surface area contributed by atoms with Gasteiger partial charge in [0.05, 0.1) is 7.11 Å². The summed E-state index contributed by atoms with van der Waals surface area (Å²) in [5.41, 5.74) is 4.05. The third-order valence-corrected chi connectivity index (χ3v) is 5.73. The van der Waals surface area contributed by atoms with Crippen LogP contribution in [0.4, 0.5) is 0 Å². The van der Waals surface area contributed by atoms with Crippen LogP contribution in [0, 0.1) is 0 Å². The molecule has 0 unspecified atom stereocenters. The van der Waals surface area contributed by atoms with Gasteiger partial charge in [0.15, 0.2) is 0 Å². The lowest BCUT2D eigenvalue weighted by molar-refractivity contribution is -0.121. The lowest BCUT2D eigenvalue weighted by atomic mass is 9.94. The Kier molecular flexibility index (Phi) is 6.74. The summed E-state index contributed by atoms with van der Waals surface area (Å²) in [4.78, 5) is 14.8. The van der Waals surface area contributed by atoms with Gasteiger partial charge in [-0.3, -0.25) is 9.69 Å². The molecule has 0 saturated carbocycles. The maximum atomic E-state index is 12.3. The molecule has 1 amide bonds. The van der Waals surface area contributed by atoms with Gasteiger partial charge in [0.1, 0.15) is 5.75 Å². The highest BCUT2D eigenvalue weighted by atomic mass is 16.5. The first-order chi connectivity index (χ1) is 13.5. The Morgan fingerprint density at radius 2 is 1.82 bits per heavy atom. The van der Waals surface area contributed by atoms with E-state index < -0.39 is 0 Å². The Morgan fingerprint density at radius 3 is 2.54 bits per heavy atom. The molecule has 4 heteroatoms. The largest absolute Gasteiger partial charge is 0.497 e. The molecule has 3 rings (SSSR count). The number of aryl methyl sites for hydroxylation is 1. The first-order valence-corrected chi connectivity index (χ1v) is 10.2. The van der Waals surface area contributed by atoms with Gasteiger partial charge in [-0.05, 0) is 61.9 Å². The second-order valence-electron chi connectivity index (χ2n) is 8.23. The number of hydrogen-bond donors (Lipinski definition) is 1. The van der Waals surface area contributed by atoms with Crippen LogP contribution < -0.4 is 10.1 Å². The summed E-state index contributed by atoms with van der Waals surface area (Å²) < 4.78 is 5.18. The topological polar surface area (TPSA) is 41.6 Å². The Bertz CT molecular complexity index is 783. The molecule has 0 bridgehead atoms. The fourth-order valence-corrected chi connectivity index (χ4v) is 3.77. The van der Waals surface area contributed by atoms with E-state index in [2.05, 4.69) is 60.5 Å². The third-order valence-electron chi connectivity index (χ3n) is 5.73. The van der Waals surface area contributed by atoms with Gasteiger partial charge in [-0.1, -0.05) is 36.4 Å². The van der Waals surface area contributed by atoms with Gasteiger partial charge in [0, 0.05) is 31.6 Å². The van der Waals surface area contributed by atoms with Crippen LogP contribution in [-0.4, -0.2) is 36.5 Å². The van der Waals surface area contributed by atoms with Crippen molar-refractivity contribution in [1.82, 2.24) is 10.2 Å². The summed E-state index contributed by atoms with van der Waals surface area (Å²) in [7, 11) is 1.67. The first kappa shape index (κ1) is 20.4. The number of benzene rings is 2. The number of amides is 1. The molecule has 150 valence electrons. The highest BCUT2D eigenvalue weighted by molar-refractivity contribution is 5.75. The molecule has 0 radical (unpaired) electrons. The molecule has 0 atom stereocenters. The van der Waals surface area contributed by atoms with Gasteiger partial charge in [0.25, 0.3) is 0 Å². The quantitative estimate of drug-likeness (QED) is 0.753. The van der Waals surface area contributed by atoms with Gasteiger partial charge >= 0.3 is 0 Å². The van der Waals surface area contributed by atoms with Crippen LogP contribution in [0.15, 0.2) is 48.5 Å².